The third-order valence-electron chi connectivity index (χ3n) is 3.92. The lowest BCUT2D eigenvalue weighted by Crippen LogP contribution is -2.23. The number of ether oxygens (including phenoxy) is 2. The van der Waals surface area contributed by atoms with Crippen LogP contribution >= 0.6 is 0 Å². The number of hydrogen-bond acceptors (Lipinski definition) is 4. The molecule has 0 aliphatic carbocycles. The first-order valence-corrected chi connectivity index (χ1v) is 7.34. The monoisotopic (exact) mass is 309 g/mol. The minimum absolute atomic E-state index is 0.119. The van der Waals surface area contributed by atoms with Crippen LogP contribution in [0.1, 0.15) is 13.0 Å². The molecule has 0 radical (unpaired) electrons. The van der Waals surface area contributed by atoms with Gasteiger partial charge >= 0.3 is 0 Å². The summed E-state index contributed by atoms with van der Waals surface area (Å²) in [6.07, 6.45) is 1.69. The van der Waals surface area contributed by atoms with Gasteiger partial charge in [0.2, 0.25) is 12.7 Å². The van der Waals surface area contributed by atoms with E-state index in [1.807, 2.05) is 35.8 Å². The van der Waals surface area contributed by atoms with Crippen LogP contribution in [0, 0.1) is 0 Å². The zero-order chi connectivity index (χ0) is 15.8. The van der Waals surface area contributed by atoms with Crippen LogP contribution in [0.4, 0.5) is 5.69 Å². The molecule has 0 spiro atoms. The first kappa shape index (κ1) is 13.6. The van der Waals surface area contributed by atoms with Crippen LogP contribution in [0.5, 0.6) is 11.5 Å². The Morgan fingerprint density at radius 2 is 2.04 bits per heavy atom. The molecule has 6 heteroatoms. The SMILES string of the molecule is C[C@H](C(=O)Nc1ccc2c(c1)OCO2)n1cnc2ccccc21. The van der Waals surface area contributed by atoms with E-state index in [4.69, 9.17) is 9.47 Å². The lowest BCUT2D eigenvalue weighted by atomic mass is 10.2. The summed E-state index contributed by atoms with van der Waals surface area (Å²) in [6, 6.07) is 12.7. The minimum atomic E-state index is -0.382. The van der Waals surface area contributed by atoms with Crippen molar-refractivity contribution in [3.05, 3.63) is 48.8 Å². The molecular formula is C17H15N3O3. The van der Waals surface area contributed by atoms with Crippen LogP contribution in [-0.4, -0.2) is 22.3 Å². The number of anilines is 1. The summed E-state index contributed by atoms with van der Waals surface area (Å²) < 4.78 is 12.4. The molecule has 1 aliphatic rings. The Kier molecular flexibility index (Phi) is 3.15. The normalized spacial score (nSPS) is 14.0. The Morgan fingerprint density at radius 1 is 1.22 bits per heavy atom. The maximum atomic E-state index is 12.5. The van der Waals surface area contributed by atoms with Crippen LogP contribution in [0.15, 0.2) is 48.8 Å². The van der Waals surface area contributed by atoms with Crippen LogP contribution in [-0.2, 0) is 4.79 Å². The Labute approximate surface area is 132 Å². The molecule has 1 aliphatic heterocycles. The number of amides is 1. The minimum Gasteiger partial charge on any atom is -0.454 e. The molecule has 0 fully saturated rings. The van der Waals surface area contributed by atoms with Crippen molar-refractivity contribution in [1.82, 2.24) is 9.55 Å². The average molecular weight is 309 g/mol. The second-order valence-electron chi connectivity index (χ2n) is 5.37. The van der Waals surface area contributed by atoms with Crippen molar-refractivity contribution in [2.75, 3.05) is 12.1 Å². The van der Waals surface area contributed by atoms with Gasteiger partial charge in [0.1, 0.15) is 6.04 Å². The van der Waals surface area contributed by atoms with Gasteiger partial charge in [-0.25, -0.2) is 4.98 Å². The zero-order valence-corrected chi connectivity index (χ0v) is 12.5. The number of carbonyl (C=O) groups excluding carboxylic acids is 1. The number of imidazole rings is 1. The van der Waals surface area contributed by atoms with E-state index in [-0.39, 0.29) is 18.7 Å². The quantitative estimate of drug-likeness (QED) is 0.808. The van der Waals surface area contributed by atoms with Gasteiger partial charge in [0.05, 0.1) is 17.4 Å². The molecule has 2 heterocycles. The fourth-order valence-electron chi connectivity index (χ4n) is 2.63. The van der Waals surface area contributed by atoms with E-state index >= 15 is 0 Å². The topological polar surface area (TPSA) is 65.4 Å². The number of fused-ring (bicyclic) bond motifs is 2. The van der Waals surface area contributed by atoms with E-state index in [2.05, 4.69) is 10.3 Å². The summed E-state index contributed by atoms with van der Waals surface area (Å²) in [4.78, 5) is 16.8. The number of nitrogens with one attached hydrogen (secondary N) is 1. The molecule has 1 aromatic heterocycles. The first-order valence-electron chi connectivity index (χ1n) is 7.34. The maximum Gasteiger partial charge on any atom is 0.247 e. The maximum absolute atomic E-state index is 12.5. The Hall–Kier alpha value is -3.02. The van der Waals surface area contributed by atoms with E-state index in [0.29, 0.717) is 17.2 Å². The summed E-state index contributed by atoms with van der Waals surface area (Å²) >= 11 is 0. The molecule has 0 saturated heterocycles. The largest absolute Gasteiger partial charge is 0.454 e. The number of rotatable bonds is 3. The standard InChI is InChI=1S/C17H15N3O3/c1-11(20-9-18-13-4-2-3-5-14(13)20)17(21)19-12-6-7-15-16(8-12)23-10-22-15/h2-9,11H,10H2,1H3,(H,19,21)/t11-/m1/s1. The smallest absolute Gasteiger partial charge is 0.247 e. The Balaban J connectivity index is 1.57. The third kappa shape index (κ3) is 2.38. The van der Waals surface area contributed by atoms with Gasteiger partial charge in [-0.15, -0.1) is 0 Å². The van der Waals surface area contributed by atoms with Gasteiger partial charge in [-0.2, -0.15) is 0 Å². The second kappa shape index (κ2) is 5.31. The molecule has 1 amide bonds. The van der Waals surface area contributed by atoms with Gasteiger partial charge < -0.3 is 19.4 Å². The lowest BCUT2D eigenvalue weighted by Gasteiger charge is -2.14. The molecule has 0 bridgehead atoms. The summed E-state index contributed by atoms with van der Waals surface area (Å²) in [7, 11) is 0. The third-order valence-corrected chi connectivity index (χ3v) is 3.92. The van der Waals surface area contributed by atoms with Crippen molar-refractivity contribution in [3.63, 3.8) is 0 Å². The zero-order valence-electron chi connectivity index (χ0n) is 12.5. The fraction of sp³-hybridized carbons (Fsp3) is 0.176. The fourth-order valence-corrected chi connectivity index (χ4v) is 2.63. The average Bonchev–Trinajstić information content (AvgIpc) is 3.20. The van der Waals surface area contributed by atoms with Crippen molar-refractivity contribution < 1.29 is 14.3 Å². The predicted octanol–water partition coefficient (Wildman–Crippen LogP) is 2.96. The van der Waals surface area contributed by atoms with Crippen LogP contribution in [0.2, 0.25) is 0 Å². The highest BCUT2D eigenvalue weighted by Gasteiger charge is 2.19. The number of benzene rings is 2. The van der Waals surface area contributed by atoms with Crippen molar-refractivity contribution in [3.8, 4) is 11.5 Å². The van der Waals surface area contributed by atoms with E-state index in [1.54, 1.807) is 24.5 Å². The number of para-hydroxylation sites is 2. The van der Waals surface area contributed by atoms with E-state index in [9.17, 15) is 4.79 Å². The van der Waals surface area contributed by atoms with Crippen LogP contribution < -0.4 is 14.8 Å². The van der Waals surface area contributed by atoms with Gasteiger partial charge in [0.15, 0.2) is 11.5 Å². The number of nitrogens with zero attached hydrogens (tertiary/aromatic N) is 2. The van der Waals surface area contributed by atoms with Crippen molar-refractivity contribution >= 4 is 22.6 Å². The van der Waals surface area contributed by atoms with Gasteiger partial charge in [0, 0.05) is 11.8 Å². The molecule has 2 aromatic carbocycles. The molecule has 1 N–H and O–H groups in total. The molecule has 0 saturated carbocycles. The molecule has 0 unspecified atom stereocenters. The molecular weight excluding hydrogens is 294 g/mol. The number of hydrogen-bond donors (Lipinski definition) is 1. The van der Waals surface area contributed by atoms with Crippen molar-refractivity contribution in [2.24, 2.45) is 0 Å². The van der Waals surface area contributed by atoms with E-state index in [1.165, 1.54) is 0 Å². The lowest BCUT2D eigenvalue weighted by molar-refractivity contribution is -0.118. The molecule has 6 nitrogen and oxygen atoms in total. The van der Waals surface area contributed by atoms with Crippen molar-refractivity contribution in [1.29, 1.82) is 0 Å². The Bertz CT molecular complexity index is 888. The van der Waals surface area contributed by atoms with Gasteiger partial charge in [-0.3, -0.25) is 4.79 Å². The Morgan fingerprint density at radius 3 is 2.96 bits per heavy atom. The molecule has 4 rings (SSSR count). The van der Waals surface area contributed by atoms with Crippen molar-refractivity contribution in [2.45, 2.75) is 13.0 Å². The predicted molar refractivity (Wildman–Crippen MR) is 85.6 cm³/mol. The van der Waals surface area contributed by atoms with E-state index < -0.39 is 0 Å². The van der Waals surface area contributed by atoms with Crippen LogP contribution in [0.25, 0.3) is 11.0 Å². The molecule has 3 aromatic rings. The number of carbonyl (C=O) groups is 1. The highest BCUT2D eigenvalue weighted by Crippen LogP contribution is 2.34. The summed E-state index contributed by atoms with van der Waals surface area (Å²) in [5.74, 6) is 1.22. The summed E-state index contributed by atoms with van der Waals surface area (Å²) in [6.45, 7) is 2.06. The molecule has 116 valence electrons. The second-order valence-corrected chi connectivity index (χ2v) is 5.37. The van der Waals surface area contributed by atoms with Gasteiger partial charge in [-0.05, 0) is 31.2 Å². The highest BCUT2D eigenvalue weighted by molar-refractivity contribution is 5.94. The number of aromatic nitrogens is 2. The van der Waals surface area contributed by atoms with Gasteiger partial charge in [-0.1, -0.05) is 12.1 Å². The first-order chi connectivity index (χ1) is 11.2. The summed E-state index contributed by atoms with van der Waals surface area (Å²) in [5, 5.41) is 2.90. The molecule has 1 atom stereocenters. The summed E-state index contributed by atoms with van der Waals surface area (Å²) in [5.41, 5.74) is 2.48. The van der Waals surface area contributed by atoms with Crippen LogP contribution in [0.3, 0.4) is 0 Å². The van der Waals surface area contributed by atoms with E-state index in [0.717, 1.165) is 11.0 Å². The molecule has 23 heavy (non-hydrogen) atoms. The highest BCUT2D eigenvalue weighted by atomic mass is 16.7. The van der Waals surface area contributed by atoms with Gasteiger partial charge in [0.25, 0.3) is 0 Å².